The third-order valence-electron chi connectivity index (χ3n) is 6.40. The summed E-state index contributed by atoms with van der Waals surface area (Å²) in [6, 6.07) is 6.47. The maximum absolute atomic E-state index is 13.1. The summed E-state index contributed by atoms with van der Waals surface area (Å²) in [6.07, 6.45) is 1.88. The number of imidazole rings is 1. The molecule has 4 aromatic rings. The van der Waals surface area contributed by atoms with E-state index < -0.39 is 23.5 Å². The number of alkyl halides is 3. The Hall–Kier alpha value is -4.09. The summed E-state index contributed by atoms with van der Waals surface area (Å²) in [4.78, 5) is 33.2. The molecule has 1 aliphatic rings. The molecular weight excluding hydrogens is 475 g/mol. The zero-order valence-electron chi connectivity index (χ0n) is 19.2. The van der Waals surface area contributed by atoms with Crippen molar-refractivity contribution in [2.75, 3.05) is 5.32 Å². The SMILES string of the molecule is CC(Nc1nc(C(=O)O)nc2nc(-c3ncccn3)n(Cc3ccc(C(F)(F)F)cc3)c12)C1CCC1. The molecule has 186 valence electrons. The predicted molar refractivity (Wildman–Crippen MR) is 124 cm³/mol. The first-order valence-electron chi connectivity index (χ1n) is 11.4. The molecule has 0 radical (unpaired) electrons. The number of aromatic nitrogens is 6. The van der Waals surface area contributed by atoms with Crippen LogP contribution in [0.3, 0.4) is 0 Å². The van der Waals surface area contributed by atoms with Gasteiger partial charge in [-0.2, -0.15) is 13.2 Å². The molecule has 1 aromatic carbocycles. The zero-order chi connectivity index (χ0) is 25.4. The van der Waals surface area contributed by atoms with Crippen molar-refractivity contribution in [3.8, 4) is 11.6 Å². The van der Waals surface area contributed by atoms with Crippen LogP contribution in [0.25, 0.3) is 22.8 Å². The number of hydrogen-bond donors (Lipinski definition) is 2. The highest BCUT2D eigenvalue weighted by molar-refractivity contribution is 5.92. The van der Waals surface area contributed by atoms with E-state index in [4.69, 9.17) is 0 Å². The number of benzene rings is 1. The van der Waals surface area contributed by atoms with Gasteiger partial charge in [-0.3, -0.25) is 0 Å². The second-order valence-corrected chi connectivity index (χ2v) is 8.79. The van der Waals surface area contributed by atoms with E-state index in [2.05, 4.69) is 30.2 Å². The highest BCUT2D eigenvalue weighted by Gasteiger charge is 2.30. The van der Waals surface area contributed by atoms with E-state index in [0.29, 0.717) is 28.6 Å². The number of anilines is 1. The molecule has 1 unspecified atom stereocenters. The molecule has 3 aromatic heterocycles. The number of carboxylic acids is 1. The van der Waals surface area contributed by atoms with Crippen LogP contribution in [-0.4, -0.2) is 46.6 Å². The van der Waals surface area contributed by atoms with Crippen LogP contribution in [0, 0.1) is 5.92 Å². The minimum atomic E-state index is -4.45. The summed E-state index contributed by atoms with van der Waals surface area (Å²) in [7, 11) is 0. The monoisotopic (exact) mass is 497 g/mol. The van der Waals surface area contributed by atoms with Gasteiger partial charge >= 0.3 is 12.1 Å². The highest BCUT2D eigenvalue weighted by Crippen LogP contribution is 2.34. The molecule has 0 aliphatic heterocycles. The van der Waals surface area contributed by atoms with E-state index in [1.807, 2.05) is 6.92 Å². The standard InChI is InChI=1S/C24H22F3N7O2/c1-13(15-4-2-5-15)30-18-17-19(32-21(31-18)23(35)36)33-22(20-28-10-3-11-29-20)34(17)12-14-6-8-16(9-7-14)24(25,26)27/h3,6-11,13,15H,2,4-5,12H2,1H3,(H,35,36)(H,30,31,32). The molecule has 36 heavy (non-hydrogen) atoms. The molecule has 0 spiro atoms. The van der Waals surface area contributed by atoms with E-state index in [-0.39, 0.29) is 24.1 Å². The Kier molecular flexibility index (Phi) is 6.02. The lowest BCUT2D eigenvalue weighted by molar-refractivity contribution is -0.137. The van der Waals surface area contributed by atoms with Gasteiger partial charge in [0.05, 0.1) is 5.56 Å². The molecule has 1 atom stereocenters. The Morgan fingerprint density at radius 3 is 2.42 bits per heavy atom. The summed E-state index contributed by atoms with van der Waals surface area (Å²) >= 11 is 0. The number of fused-ring (bicyclic) bond motifs is 1. The summed E-state index contributed by atoms with van der Waals surface area (Å²) < 4.78 is 40.9. The lowest BCUT2D eigenvalue weighted by atomic mass is 9.80. The molecule has 1 aliphatic carbocycles. The second-order valence-electron chi connectivity index (χ2n) is 8.79. The maximum Gasteiger partial charge on any atom is 0.416 e. The van der Waals surface area contributed by atoms with E-state index in [9.17, 15) is 23.1 Å². The average molecular weight is 497 g/mol. The van der Waals surface area contributed by atoms with Crippen LogP contribution in [0.5, 0.6) is 0 Å². The molecule has 12 heteroatoms. The number of nitrogens with one attached hydrogen (secondary N) is 1. The van der Waals surface area contributed by atoms with Crippen molar-refractivity contribution in [2.24, 2.45) is 5.92 Å². The fraction of sp³-hybridized carbons (Fsp3) is 0.333. The highest BCUT2D eigenvalue weighted by atomic mass is 19.4. The van der Waals surface area contributed by atoms with Crippen molar-refractivity contribution in [3.05, 3.63) is 59.7 Å². The van der Waals surface area contributed by atoms with Gasteiger partial charge in [0, 0.05) is 25.0 Å². The van der Waals surface area contributed by atoms with Crippen LogP contribution in [0.4, 0.5) is 19.0 Å². The van der Waals surface area contributed by atoms with E-state index in [1.165, 1.54) is 24.5 Å². The molecule has 3 heterocycles. The number of rotatable bonds is 7. The third-order valence-corrected chi connectivity index (χ3v) is 6.40. The van der Waals surface area contributed by atoms with E-state index in [0.717, 1.165) is 31.4 Å². The van der Waals surface area contributed by atoms with Crippen LogP contribution >= 0.6 is 0 Å². The normalized spacial score (nSPS) is 15.0. The Morgan fingerprint density at radius 2 is 1.83 bits per heavy atom. The fourth-order valence-corrected chi connectivity index (χ4v) is 4.23. The minimum absolute atomic E-state index is 0.0179. The van der Waals surface area contributed by atoms with Gasteiger partial charge in [-0.25, -0.2) is 29.7 Å². The maximum atomic E-state index is 13.1. The Balaban J connectivity index is 1.66. The van der Waals surface area contributed by atoms with Crippen molar-refractivity contribution < 1.29 is 23.1 Å². The quantitative estimate of drug-likeness (QED) is 0.379. The van der Waals surface area contributed by atoms with E-state index in [1.54, 1.807) is 10.6 Å². The smallest absolute Gasteiger partial charge is 0.416 e. The molecule has 1 saturated carbocycles. The summed E-state index contributed by atoms with van der Waals surface area (Å²) in [5, 5.41) is 12.9. The van der Waals surface area contributed by atoms with Gasteiger partial charge in [-0.15, -0.1) is 0 Å². The number of carboxylic acid groups (broad SMARTS) is 1. The van der Waals surface area contributed by atoms with Crippen LogP contribution in [0.1, 0.15) is 47.9 Å². The Labute approximate surface area is 203 Å². The first-order valence-corrected chi connectivity index (χ1v) is 11.4. The number of halogens is 3. The first-order chi connectivity index (χ1) is 17.2. The lowest BCUT2D eigenvalue weighted by Crippen LogP contribution is -2.31. The number of carbonyl (C=O) groups is 1. The van der Waals surface area contributed by atoms with Crippen molar-refractivity contribution in [1.29, 1.82) is 0 Å². The number of aromatic carboxylic acids is 1. The van der Waals surface area contributed by atoms with Crippen molar-refractivity contribution in [3.63, 3.8) is 0 Å². The fourth-order valence-electron chi connectivity index (χ4n) is 4.23. The summed E-state index contributed by atoms with van der Waals surface area (Å²) in [6.45, 7) is 2.13. The number of nitrogens with zero attached hydrogens (tertiary/aromatic N) is 6. The molecular formula is C24H22F3N7O2. The van der Waals surface area contributed by atoms with Crippen LogP contribution in [0.15, 0.2) is 42.7 Å². The zero-order valence-corrected chi connectivity index (χ0v) is 19.2. The van der Waals surface area contributed by atoms with Gasteiger partial charge in [0.1, 0.15) is 5.52 Å². The average Bonchev–Trinajstić information content (AvgIpc) is 3.16. The second kappa shape index (κ2) is 9.17. The van der Waals surface area contributed by atoms with Crippen LogP contribution in [-0.2, 0) is 12.7 Å². The molecule has 9 nitrogen and oxygen atoms in total. The lowest BCUT2D eigenvalue weighted by Gasteiger charge is -2.32. The molecule has 0 saturated heterocycles. The summed E-state index contributed by atoms with van der Waals surface area (Å²) in [5.74, 6) is -0.444. The van der Waals surface area contributed by atoms with E-state index >= 15 is 0 Å². The van der Waals surface area contributed by atoms with Gasteiger partial charge in [0.2, 0.25) is 5.82 Å². The molecule has 0 amide bonds. The first kappa shape index (κ1) is 23.6. The Morgan fingerprint density at radius 1 is 1.14 bits per heavy atom. The van der Waals surface area contributed by atoms with Crippen LogP contribution in [0.2, 0.25) is 0 Å². The molecule has 5 rings (SSSR count). The van der Waals surface area contributed by atoms with Crippen molar-refractivity contribution in [1.82, 2.24) is 29.5 Å². The van der Waals surface area contributed by atoms with Gasteiger partial charge in [-0.1, -0.05) is 18.6 Å². The van der Waals surface area contributed by atoms with Crippen molar-refractivity contribution >= 4 is 23.0 Å². The molecule has 0 bridgehead atoms. The predicted octanol–water partition coefficient (Wildman–Crippen LogP) is 4.65. The van der Waals surface area contributed by atoms with Gasteiger partial charge in [0.25, 0.3) is 0 Å². The van der Waals surface area contributed by atoms with Crippen LogP contribution < -0.4 is 5.32 Å². The van der Waals surface area contributed by atoms with Gasteiger partial charge in [-0.05, 0) is 49.4 Å². The number of hydrogen-bond acceptors (Lipinski definition) is 7. The molecule has 2 N–H and O–H groups in total. The Bertz CT molecular complexity index is 1400. The largest absolute Gasteiger partial charge is 0.475 e. The third kappa shape index (κ3) is 4.58. The van der Waals surface area contributed by atoms with Gasteiger partial charge < -0.3 is 15.0 Å². The summed E-state index contributed by atoms with van der Waals surface area (Å²) in [5.41, 5.74) is 0.368. The molecule has 1 fully saturated rings. The van der Waals surface area contributed by atoms with Gasteiger partial charge in [0.15, 0.2) is 23.1 Å². The minimum Gasteiger partial charge on any atom is -0.475 e. The van der Waals surface area contributed by atoms with Crippen molar-refractivity contribution in [2.45, 2.75) is 44.9 Å². The topological polar surface area (TPSA) is 119 Å².